The molecule has 0 amide bonds. The molecule has 368 valence electrons. The molecule has 0 radical (unpaired) electrons. The maximum Gasteiger partial charge on any atom is 0.139 e. The Kier molecular flexibility index (Phi) is 10.1. The molecule has 11 rings (SSSR count). The second-order valence-corrected chi connectivity index (χ2v) is 21.1. The third kappa shape index (κ3) is 9.46. The van der Waals surface area contributed by atoms with Crippen molar-refractivity contribution in [2.75, 3.05) is 9.80 Å². The molecule has 0 spiro atoms. The molecule has 0 bridgehead atoms. The molecule has 0 N–H and O–H groups in total. The van der Waals surface area contributed by atoms with E-state index in [-0.39, 0.29) is 65.3 Å². The van der Waals surface area contributed by atoms with Gasteiger partial charge in [-0.15, -0.1) is 48.1 Å². The summed E-state index contributed by atoms with van der Waals surface area (Å²) in [6.45, 7) is 21.5. The Morgan fingerprint density at radius 2 is 1.15 bits per heavy atom. The molecule has 3 heterocycles. The average molecular weight is 1150 g/mol. The number of para-hydroxylation sites is 4. The Morgan fingerprint density at radius 3 is 1.78 bits per heavy atom. The first kappa shape index (κ1) is 38.2. The SMILES string of the molecule is [2H]c1c([2H])c([2H])c(-c2cccc(-c3c([2H])c([2H])c([2H])c([2H])c3[2H])c2N2[CH-]N(c3[c-]c(Oc4[c-]c5c(cc4)c4cc(C(C)(C)C)ccc4n5-c4cc(Oc5c(C(C)(C)C)cccc5C(C)(C)C)ccn4)ccc3)c3ccccc32)c([2H])c1[2H].[Pt]. The van der Waals surface area contributed by atoms with E-state index in [2.05, 4.69) is 115 Å². The van der Waals surface area contributed by atoms with Crippen LogP contribution in [0.5, 0.6) is 23.0 Å². The quantitative estimate of drug-likeness (QED) is 0.135. The molecule has 1 aliphatic heterocycles. The number of aromatic nitrogens is 2. The summed E-state index contributed by atoms with van der Waals surface area (Å²) in [5.41, 5.74) is 6.58. The summed E-state index contributed by atoms with van der Waals surface area (Å²) in [5.74, 6) is 2.86. The van der Waals surface area contributed by atoms with Crippen molar-refractivity contribution in [3.63, 3.8) is 0 Å². The van der Waals surface area contributed by atoms with Crippen LogP contribution < -0.4 is 19.3 Å². The van der Waals surface area contributed by atoms with Crippen LogP contribution in [0.1, 0.15) is 92.7 Å². The van der Waals surface area contributed by atoms with Gasteiger partial charge in [-0.05, 0) is 62.6 Å². The van der Waals surface area contributed by atoms with Crippen LogP contribution in [0.3, 0.4) is 0 Å². The molecule has 0 atom stereocenters. The Hall–Kier alpha value is -7.40. The molecule has 2 aromatic heterocycles. The van der Waals surface area contributed by atoms with Crippen LogP contribution in [-0.2, 0) is 37.3 Å². The Balaban J connectivity index is 0.00000769. The van der Waals surface area contributed by atoms with E-state index in [0.29, 0.717) is 40.1 Å². The van der Waals surface area contributed by atoms with Gasteiger partial charge in [0.2, 0.25) is 0 Å². The first-order chi connectivity index (χ1) is 38.7. The molecule has 0 fully saturated rings. The molecular formula is C66H59N4O2Pt-3. The van der Waals surface area contributed by atoms with Crippen LogP contribution in [0.2, 0.25) is 0 Å². The first-order valence-electron chi connectivity index (χ1n) is 29.0. The normalized spacial score (nSPS) is 14.7. The molecule has 8 aromatic carbocycles. The molecular weight excluding hydrogens is 1080 g/mol. The predicted molar refractivity (Wildman–Crippen MR) is 298 cm³/mol. The largest absolute Gasteiger partial charge is 0.509 e. The van der Waals surface area contributed by atoms with Gasteiger partial charge in [0.05, 0.1) is 13.7 Å². The number of fused-ring (bicyclic) bond motifs is 4. The molecule has 7 heteroatoms. The number of pyridine rings is 1. The van der Waals surface area contributed by atoms with Gasteiger partial charge >= 0.3 is 0 Å². The van der Waals surface area contributed by atoms with E-state index in [1.807, 2.05) is 65.6 Å². The fourth-order valence-corrected chi connectivity index (χ4v) is 9.43. The molecule has 1 aliphatic rings. The number of ether oxygens (including phenoxy) is 2. The summed E-state index contributed by atoms with van der Waals surface area (Å²) in [6.07, 6.45) is 1.77. The molecule has 73 heavy (non-hydrogen) atoms. The number of rotatable bonds is 9. The minimum absolute atomic E-state index is 0. The van der Waals surface area contributed by atoms with E-state index in [1.165, 1.54) is 5.56 Å². The minimum Gasteiger partial charge on any atom is -0.509 e. The van der Waals surface area contributed by atoms with Crippen LogP contribution >= 0.6 is 0 Å². The fourth-order valence-electron chi connectivity index (χ4n) is 9.43. The molecule has 10 aromatic rings. The summed E-state index contributed by atoms with van der Waals surface area (Å²) >= 11 is 0. The number of benzene rings is 8. The number of hydrogen-bond donors (Lipinski definition) is 0. The van der Waals surface area contributed by atoms with Gasteiger partial charge in [0.15, 0.2) is 0 Å². The maximum atomic E-state index is 9.08. The third-order valence-corrected chi connectivity index (χ3v) is 13.0. The molecule has 0 saturated heterocycles. The van der Waals surface area contributed by atoms with Crippen molar-refractivity contribution in [3.05, 3.63) is 223 Å². The number of nitrogens with zero attached hydrogens (tertiary/aromatic N) is 4. The van der Waals surface area contributed by atoms with Crippen molar-refractivity contribution in [1.82, 2.24) is 9.55 Å². The zero-order valence-electron chi connectivity index (χ0n) is 52.1. The van der Waals surface area contributed by atoms with Crippen molar-refractivity contribution < 1.29 is 44.2 Å². The van der Waals surface area contributed by atoms with Crippen LogP contribution in [0.15, 0.2) is 188 Å². The molecule has 0 unspecified atom stereocenters. The zero-order valence-corrected chi connectivity index (χ0v) is 44.4. The second-order valence-electron chi connectivity index (χ2n) is 21.1. The monoisotopic (exact) mass is 1140 g/mol. The van der Waals surface area contributed by atoms with Crippen molar-refractivity contribution >= 4 is 44.6 Å². The topological polar surface area (TPSA) is 42.8 Å². The van der Waals surface area contributed by atoms with E-state index in [9.17, 15) is 0 Å². The van der Waals surface area contributed by atoms with Gasteiger partial charge in [-0.1, -0.05) is 189 Å². The van der Waals surface area contributed by atoms with Crippen molar-refractivity contribution in [2.45, 2.75) is 78.6 Å². The smallest absolute Gasteiger partial charge is 0.139 e. The zero-order chi connectivity index (χ0) is 58.6. The van der Waals surface area contributed by atoms with E-state index in [4.69, 9.17) is 28.2 Å². The Labute approximate surface area is 459 Å². The summed E-state index contributed by atoms with van der Waals surface area (Å²) in [7, 11) is 0. The van der Waals surface area contributed by atoms with Crippen molar-refractivity contribution in [1.29, 1.82) is 0 Å². The van der Waals surface area contributed by atoms with E-state index in [1.54, 1.807) is 42.0 Å². The molecule has 0 saturated carbocycles. The van der Waals surface area contributed by atoms with Gasteiger partial charge in [-0.2, -0.15) is 12.1 Å². The Morgan fingerprint density at radius 1 is 0.548 bits per heavy atom. The molecule has 0 aliphatic carbocycles. The van der Waals surface area contributed by atoms with Gasteiger partial charge in [0, 0.05) is 89.7 Å². The van der Waals surface area contributed by atoms with Crippen LogP contribution in [-0.4, -0.2) is 9.55 Å². The summed E-state index contributed by atoms with van der Waals surface area (Å²) in [6, 6.07) is 40.2. The van der Waals surface area contributed by atoms with Crippen molar-refractivity contribution in [3.8, 4) is 51.1 Å². The number of anilines is 4. The minimum atomic E-state index is -0.570. The van der Waals surface area contributed by atoms with Gasteiger partial charge < -0.3 is 23.8 Å². The van der Waals surface area contributed by atoms with E-state index >= 15 is 0 Å². The predicted octanol–water partition coefficient (Wildman–Crippen LogP) is 18.0. The third-order valence-electron chi connectivity index (χ3n) is 13.0. The summed E-state index contributed by atoms with van der Waals surface area (Å²) < 4.78 is 103. The standard InChI is InChI=1S/C66H59N4O2.Pt/c1-64(2,3)46-33-36-57-54(39-46)53-35-34-49(41-60(53)70(57)61-42-50(37-38-67-61)72-63-55(65(4,5)6)29-20-30-56(63)66(7,8)9)71-48-26-18-25-47(40-48)68-43-69(59-32-17-16-31-58(59)68)62-51(44-21-12-10-13-22-44)27-19-28-52(62)45-23-14-11-15-24-45;/h10-39,42-43H,1-9H3;/q-3;/i10D,11D,12D,13D,14D,15D,21D,22D,23D,24D;. The van der Waals surface area contributed by atoms with Gasteiger partial charge in [-0.25, -0.2) is 4.98 Å². The fraction of sp³-hybridized carbons (Fsp3) is 0.182. The first-order valence-corrected chi connectivity index (χ1v) is 24.0. The maximum absolute atomic E-state index is 9.08. The summed E-state index contributed by atoms with van der Waals surface area (Å²) in [4.78, 5) is 8.56. The van der Waals surface area contributed by atoms with Crippen LogP contribution in [0, 0.1) is 18.8 Å². The Bertz CT molecular complexity index is 4080. The summed E-state index contributed by atoms with van der Waals surface area (Å²) in [5, 5.41) is 1.97. The number of hydrogen-bond acceptors (Lipinski definition) is 5. The van der Waals surface area contributed by atoms with Crippen LogP contribution in [0.4, 0.5) is 22.7 Å². The van der Waals surface area contributed by atoms with E-state index < -0.39 is 60.4 Å². The average Bonchev–Trinajstić information content (AvgIpc) is 2.69. The van der Waals surface area contributed by atoms with Gasteiger partial charge in [0.1, 0.15) is 17.3 Å². The van der Waals surface area contributed by atoms with E-state index in [0.717, 1.165) is 38.7 Å². The van der Waals surface area contributed by atoms with Gasteiger partial charge in [-0.3, -0.25) is 0 Å². The van der Waals surface area contributed by atoms with Gasteiger partial charge in [0.25, 0.3) is 0 Å². The second kappa shape index (κ2) is 19.2. The van der Waals surface area contributed by atoms with Crippen molar-refractivity contribution in [2.24, 2.45) is 0 Å². The molecule has 6 nitrogen and oxygen atoms in total. The van der Waals surface area contributed by atoms with Crippen LogP contribution in [0.25, 0.3) is 49.9 Å².